The van der Waals surface area contributed by atoms with Crippen molar-refractivity contribution in [2.75, 3.05) is 11.4 Å². The van der Waals surface area contributed by atoms with Gasteiger partial charge in [0.25, 0.3) is 5.91 Å². The first-order valence-corrected chi connectivity index (χ1v) is 9.34. The van der Waals surface area contributed by atoms with Gasteiger partial charge in [0, 0.05) is 10.4 Å². The van der Waals surface area contributed by atoms with E-state index in [0.717, 1.165) is 21.1 Å². The lowest BCUT2D eigenvalue weighted by molar-refractivity contribution is -0.146. The van der Waals surface area contributed by atoms with Crippen molar-refractivity contribution >= 4 is 28.9 Å². The summed E-state index contributed by atoms with van der Waals surface area (Å²) in [5, 5.41) is 0.980. The molecule has 1 unspecified atom stereocenters. The van der Waals surface area contributed by atoms with E-state index in [9.17, 15) is 9.59 Å². The molecule has 6 nitrogen and oxygen atoms in total. The fourth-order valence-corrected chi connectivity index (χ4v) is 3.78. The number of carbonyl (C=O) groups is 2. The second-order valence-corrected chi connectivity index (χ2v) is 7.95. The summed E-state index contributed by atoms with van der Waals surface area (Å²) in [6, 6.07) is 5.60. The maximum atomic E-state index is 12.6. The van der Waals surface area contributed by atoms with Crippen LogP contribution in [0, 0.1) is 13.8 Å². The maximum absolute atomic E-state index is 12.6. The maximum Gasteiger partial charge on any atom is 0.326 e. The number of fused-ring (bicyclic) bond motifs is 1. The Kier molecular flexibility index (Phi) is 5.00. The molecule has 1 aromatic carbocycles. The average Bonchev–Trinajstić information content (AvgIpc) is 2.89. The monoisotopic (exact) mass is 374 g/mol. The standard InChI is InChI=1S/C19H22N2O4S/c1-10(2)24-17(22)9-21-15-8-14(18-12(4)26-13(5)20-18)6-7-16(15)25-11(3)19(21)23/h6-8,10-11H,9H2,1-5H3. The molecule has 1 atom stereocenters. The van der Waals surface area contributed by atoms with Crippen molar-refractivity contribution in [2.45, 2.75) is 46.8 Å². The summed E-state index contributed by atoms with van der Waals surface area (Å²) in [6.07, 6.45) is -0.883. The van der Waals surface area contributed by atoms with Gasteiger partial charge in [-0.1, -0.05) is 0 Å². The van der Waals surface area contributed by atoms with Gasteiger partial charge in [-0.15, -0.1) is 11.3 Å². The first-order valence-electron chi connectivity index (χ1n) is 8.52. The topological polar surface area (TPSA) is 68.7 Å². The van der Waals surface area contributed by atoms with Crippen LogP contribution in [-0.2, 0) is 14.3 Å². The number of rotatable bonds is 4. The molecular weight excluding hydrogens is 352 g/mol. The van der Waals surface area contributed by atoms with Crippen LogP contribution in [0.5, 0.6) is 5.75 Å². The Morgan fingerprint density at radius 1 is 1.38 bits per heavy atom. The molecule has 3 rings (SSSR count). The van der Waals surface area contributed by atoms with Crippen LogP contribution in [0.2, 0.25) is 0 Å². The van der Waals surface area contributed by atoms with E-state index in [1.807, 2.05) is 32.0 Å². The van der Waals surface area contributed by atoms with Crippen molar-refractivity contribution in [3.05, 3.63) is 28.1 Å². The zero-order chi connectivity index (χ0) is 19.0. The first-order chi connectivity index (χ1) is 12.3. The molecule has 2 aromatic rings. The van der Waals surface area contributed by atoms with Gasteiger partial charge in [0.05, 0.1) is 22.5 Å². The molecule has 1 aliphatic rings. The quantitative estimate of drug-likeness (QED) is 0.766. The lowest BCUT2D eigenvalue weighted by Gasteiger charge is -2.32. The number of ether oxygens (including phenoxy) is 2. The van der Waals surface area contributed by atoms with Crippen LogP contribution >= 0.6 is 11.3 Å². The minimum Gasteiger partial charge on any atom is -0.479 e. The SMILES string of the molecule is Cc1nc(-c2ccc3c(c2)N(CC(=O)OC(C)C)C(=O)C(C)O3)c(C)s1. The molecule has 0 N–H and O–H groups in total. The van der Waals surface area contributed by atoms with E-state index >= 15 is 0 Å². The largest absolute Gasteiger partial charge is 0.479 e. The highest BCUT2D eigenvalue weighted by Gasteiger charge is 2.33. The highest BCUT2D eigenvalue weighted by Crippen LogP contribution is 2.38. The third kappa shape index (κ3) is 3.58. The Morgan fingerprint density at radius 2 is 2.12 bits per heavy atom. The number of esters is 1. The fraction of sp³-hybridized carbons (Fsp3) is 0.421. The molecule has 0 fully saturated rings. The highest BCUT2D eigenvalue weighted by atomic mass is 32.1. The molecule has 0 aliphatic carbocycles. The van der Waals surface area contributed by atoms with Gasteiger partial charge in [-0.2, -0.15) is 0 Å². The zero-order valence-electron chi connectivity index (χ0n) is 15.5. The molecule has 0 bridgehead atoms. The smallest absolute Gasteiger partial charge is 0.326 e. The second kappa shape index (κ2) is 7.07. The minimum absolute atomic E-state index is 0.143. The van der Waals surface area contributed by atoms with E-state index < -0.39 is 12.1 Å². The summed E-state index contributed by atoms with van der Waals surface area (Å²) >= 11 is 1.62. The Balaban J connectivity index is 2.00. The predicted molar refractivity (Wildman–Crippen MR) is 101 cm³/mol. The fourth-order valence-electron chi connectivity index (χ4n) is 2.94. The van der Waals surface area contributed by atoms with E-state index in [4.69, 9.17) is 9.47 Å². The minimum atomic E-state index is -0.650. The molecule has 0 saturated heterocycles. The van der Waals surface area contributed by atoms with Gasteiger partial charge in [0.1, 0.15) is 12.3 Å². The molecule has 1 amide bonds. The average molecular weight is 374 g/mol. The van der Waals surface area contributed by atoms with Gasteiger partial charge in [-0.05, 0) is 52.8 Å². The number of thiazole rings is 1. The van der Waals surface area contributed by atoms with Gasteiger partial charge in [-0.25, -0.2) is 4.98 Å². The van der Waals surface area contributed by atoms with Crippen LogP contribution in [0.15, 0.2) is 18.2 Å². The van der Waals surface area contributed by atoms with Gasteiger partial charge >= 0.3 is 5.97 Å². The normalized spacial score (nSPS) is 16.5. The molecule has 0 saturated carbocycles. The van der Waals surface area contributed by atoms with E-state index in [0.29, 0.717) is 11.4 Å². The van der Waals surface area contributed by atoms with Crippen molar-refractivity contribution in [3.8, 4) is 17.0 Å². The van der Waals surface area contributed by atoms with Crippen LogP contribution in [0.1, 0.15) is 30.7 Å². The molecular formula is C19H22N2O4S. The van der Waals surface area contributed by atoms with Crippen LogP contribution in [0.4, 0.5) is 5.69 Å². The number of aryl methyl sites for hydroxylation is 2. The molecule has 26 heavy (non-hydrogen) atoms. The summed E-state index contributed by atoms with van der Waals surface area (Å²) in [4.78, 5) is 31.8. The molecule has 1 aliphatic heterocycles. The van der Waals surface area contributed by atoms with Gasteiger partial charge < -0.3 is 9.47 Å². The second-order valence-electron chi connectivity index (χ2n) is 6.54. The molecule has 7 heteroatoms. The third-order valence-corrected chi connectivity index (χ3v) is 4.88. The van der Waals surface area contributed by atoms with Crippen molar-refractivity contribution < 1.29 is 19.1 Å². The Labute approximate surface area is 156 Å². The number of aromatic nitrogens is 1. The van der Waals surface area contributed by atoms with Crippen LogP contribution in [0.3, 0.4) is 0 Å². The van der Waals surface area contributed by atoms with E-state index in [-0.39, 0.29) is 18.6 Å². The number of carbonyl (C=O) groups excluding carboxylic acids is 2. The molecule has 0 spiro atoms. The first kappa shape index (κ1) is 18.4. The molecule has 2 heterocycles. The van der Waals surface area contributed by atoms with Crippen molar-refractivity contribution in [2.24, 2.45) is 0 Å². The number of hydrogen-bond donors (Lipinski definition) is 0. The zero-order valence-corrected chi connectivity index (χ0v) is 16.3. The summed E-state index contributed by atoms with van der Waals surface area (Å²) in [5.74, 6) is -0.135. The van der Waals surface area contributed by atoms with E-state index in [2.05, 4.69) is 4.98 Å². The van der Waals surface area contributed by atoms with E-state index in [1.165, 1.54) is 4.90 Å². The Morgan fingerprint density at radius 3 is 2.73 bits per heavy atom. The molecule has 0 radical (unpaired) electrons. The summed E-state index contributed by atoms with van der Waals surface area (Å²) in [5.41, 5.74) is 2.33. The lowest BCUT2D eigenvalue weighted by atomic mass is 10.1. The Bertz CT molecular complexity index is 859. The number of anilines is 1. The lowest BCUT2D eigenvalue weighted by Crippen LogP contribution is -2.47. The van der Waals surface area contributed by atoms with Crippen LogP contribution in [-0.4, -0.2) is 35.6 Å². The van der Waals surface area contributed by atoms with Crippen molar-refractivity contribution in [1.29, 1.82) is 0 Å². The summed E-state index contributed by atoms with van der Waals surface area (Å²) < 4.78 is 10.9. The number of hydrogen-bond acceptors (Lipinski definition) is 6. The Hall–Kier alpha value is -2.41. The highest BCUT2D eigenvalue weighted by molar-refractivity contribution is 7.11. The van der Waals surface area contributed by atoms with Crippen molar-refractivity contribution in [1.82, 2.24) is 4.98 Å². The van der Waals surface area contributed by atoms with Gasteiger partial charge in [-0.3, -0.25) is 14.5 Å². The van der Waals surface area contributed by atoms with Gasteiger partial charge in [0.15, 0.2) is 6.10 Å². The number of benzene rings is 1. The van der Waals surface area contributed by atoms with Crippen molar-refractivity contribution in [3.63, 3.8) is 0 Å². The molecule has 1 aromatic heterocycles. The van der Waals surface area contributed by atoms with Crippen LogP contribution in [0.25, 0.3) is 11.3 Å². The molecule has 138 valence electrons. The van der Waals surface area contributed by atoms with E-state index in [1.54, 1.807) is 32.1 Å². The number of nitrogens with zero attached hydrogens (tertiary/aromatic N) is 2. The van der Waals surface area contributed by atoms with Gasteiger partial charge in [0.2, 0.25) is 0 Å². The predicted octanol–water partition coefficient (Wildman–Crippen LogP) is 3.49. The summed E-state index contributed by atoms with van der Waals surface area (Å²) in [7, 11) is 0. The number of amides is 1. The van der Waals surface area contributed by atoms with Crippen LogP contribution < -0.4 is 9.64 Å². The summed E-state index contributed by atoms with van der Waals surface area (Å²) in [6.45, 7) is 9.06. The third-order valence-electron chi connectivity index (χ3n) is 4.00.